The van der Waals surface area contributed by atoms with Crippen molar-refractivity contribution in [2.75, 3.05) is 0 Å². The number of benzene rings is 5. The van der Waals surface area contributed by atoms with Crippen molar-refractivity contribution in [2.45, 2.75) is 50.9 Å². The molecule has 7 aromatic rings. The predicted octanol–water partition coefficient (Wildman–Crippen LogP) is 10.4. The lowest BCUT2D eigenvalue weighted by molar-refractivity contribution is 0.0715. The van der Waals surface area contributed by atoms with Crippen molar-refractivity contribution < 1.29 is 0 Å². The van der Waals surface area contributed by atoms with E-state index >= 15 is 0 Å². The van der Waals surface area contributed by atoms with Crippen molar-refractivity contribution in [1.82, 2.24) is 14.5 Å². The van der Waals surface area contributed by atoms with E-state index in [0.717, 1.165) is 45.4 Å². The number of fused-ring (bicyclic) bond motifs is 7. The van der Waals surface area contributed by atoms with Crippen LogP contribution in [-0.2, 0) is 5.41 Å². The number of para-hydroxylation sites is 2. The van der Waals surface area contributed by atoms with Crippen LogP contribution in [0, 0.1) is 17.3 Å². The van der Waals surface area contributed by atoms with Crippen LogP contribution in [0.25, 0.3) is 60.7 Å². The Labute approximate surface area is 257 Å². The molecular formula is C41H35N3. The summed E-state index contributed by atoms with van der Waals surface area (Å²) in [6, 6.07) is 39.9. The predicted molar refractivity (Wildman–Crippen MR) is 181 cm³/mol. The van der Waals surface area contributed by atoms with Gasteiger partial charge in [0, 0.05) is 21.7 Å². The summed E-state index contributed by atoms with van der Waals surface area (Å²) in [6.45, 7) is 2.59. The van der Waals surface area contributed by atoms with E-state index in [2.05, 4.69) is 121 Å². The lowest BCUT2D eigenvalue weighted by Gasteiger charge is -2.46. The van der Waals surface area contributed by atoms with Crippen LogP contribution in [0.1, 0.15) is 51.0 Å². The zero-order valence-corrected chi connectivity index (χ0v) is 25.1. The Bertz CT molecular complexity index is 2300. The third kappa shape index (κ3) is 3.44. The Morgan fingerprint density at radius 3 is 2.36 bits per heavy atom. The molecule has 2 aromatic heterocycles. The molecule has 3 fully saturated rings. The van der Waals surface area contributed by atoms with E-state index in [-0.39, 0.29) is 0 Å². The fourth-order valence-electron chi connectivity index (χ4n) is 10.1. The van der Waals surface area contributed by atoms with Crippen LogP contribution in [-0.4, -0.2) is 14.5 Å². The Morgan fingerprint density at radius 1 is 0.659 bits per heavy atom. The Morgan fingerprint density at radius 2 is 1.45 bits per heavy atom. The second-order valence-corrected chi connectivity index (χ2v) is 14.4. The molecule has 3 saturated carbocycles. The van der Waals surface area contributed by atoms with E-state index in [1.54, 1.807) is 0 Å². The van der Waals surface area contributed by atoms with Gasteiger partial charge in [-0.3, -0.25) is 4.57 Å². The normalized spacial score (nSPS) is 25.9. The maximum absolute atomic E-state index is 5.45. The molecule has 4 atom stereocenters. The number of nitrogens with zero attached hydrogens (tertiary/aromatic N) is 3. The maximum Gasteiger partial charge on any atom is 0.235 e. The van der Waals surface area contributed by atoms with Crippen molar-refractivity contribution in [1.29, 1.82) is 0 Å². The third-order valence-electron chi connectivity index (χ3n) is 11.8. The van der Waals surface area contributed by atoms with Crippen LogP contribution in [0.15, 0.2) is 109 Å². The molecule has 2 heterocycles. The first kappa shape index (κ1) is 24.9. The standard InChI is InChI=1S/C41H35N3/c1-40-22-26-17-18-31(40)24-41(23-26,25-40)30-12-8-11-29(19-30)38-33-14-4-6-15-35(33)42-39(43-38)44-36-16-7-5-13-32(36)34-20-27-9-2-3-10-28(27)21-37(34)44/h2-16,19-21,26,31H,17-18,22-25H2,1H3/t26-,31?,40?,41?/m0/s1. The van der Waals surface area contributed by atoms with Gasteiger partial charge in [0.05, 0.1) is 22.2 Å². The van der Waals surface area contributed by atoms with Crippen LogP contribution in [0.5, 0.6) is 0 Å². The van der Waals surface area contributed by atoms with E-state index in [9.17, 15) is 0 Å². The molecule has 0 saturated heterocycles. The molecule has 0 aliphatic heterocycles. The largest absolute Gasteiger partial charge is 0.278 e. The summed E-state index contributed by atoms with van der Waals surface area (Å²) in [5.74, 6) is 2.49. The SMILES string of the molecule is CC12C[C@@H]3CCC1CC(c1cccc(-c4nc(-n5c6ccccc6c6cc7ccccc7cc65)nc5ccccc45)c1)(C3)C2. The third-order valence-corrected chi connectivity index (χ3v) is 11.8. The molecule has 0 N–H and O–H groups in total. The molecular weight excluding hydrogens is 534 g/mol. The molecule has 44 heavy (non-hydrogen) atoms. The molecule has 3 bridgehead atoms. The van der Waals surface area contributed by atoms with Gasteiger partial charge in [-0.05, 0) is 101 Å². The van der Waals surface area contributed by atoms with E-state index in [0.29, 0.717) is 10.8 Å². The van der Waals surface area contributed by atoms with E-state index < -0.39 is 0 Å². The average Bonchev–Trinajstić information content (AvgIpc) is 3.42. The molecule has 3 nitrogen and oxygen atoms in total. The van der Waals surface area contributed by atoms with Crippen LogP contribution in [0.4, 0.5) is 0 Å². The molecule has 0 spiro atoms. The van der Waals surface area contributed by atoms with Crippen molar-refractivity contribution in [3.05, 3.63) is 115 Å². The molecule has 214 valence electrons. The fraction of sp³-hybridized carbons (Fsp3) is 0.268. The van der Waals surface area contributed by atoms with Gasteiger partial charge in [-0.25, -0.2) is 9.97 Å². The van der Waals surface area contributed by atoms with Crippen molar-refractivity contribution in [3.8, 4) is 17.2 Å². The zero-order valence-electron chi connectivity index (χ0n) is 25.1. The average molecular weight is 570 g/mol. The summed E-state index contributed by atoms with van der Waals surface area (Å²) < 4.78 is 2.27. The highest BCUT2D eigenvalue weighted by Gasteiger charge is 2.59. The first-order valence-corrected chi connectivity index (χ1v) is 16.4. The zero-order chi connectivity index (χ0) is 29.0. The van der Waals surface area contributed by atoms with E-state index in [4.69, 9.17) is 9.97 Å². The Balaban J connectivity index is 1.20. The minimum Gasteiger partial charge on any atom is -0.278 e. The molecule has 3 heteroatoms. The number of aromatic nitrogens is 3. The highest BCUT2D eigenvalue weighted by molar-refractivity contribution is 6.13. The van der Waals surface area contributed by atoms with Crippen molar-refractivity contribution in [2.24, 2.45) is 17.3 Å². The fourth-order valence-corrected chi connectivity index (χ4v) is 10.1. The van der Waals surface area contributed by atoms with Gasteiger partial charge in [0.2, 0.25) is 5.95 Å². The quantitative estimate of drug-likeness (QED) is 0.212. The highest BCUT2D eigenvalue weighted by atomic mass is 15.2. The minimum absolute atomic E-state index is 0.314. The Kier molecular flexibility index (Phi) is 4.97. The lowest BCUT2D eigenvalue weighted by atomic mass is 9.58. The van der Waals surface area contributed by atoms with E-state index in [1.165, 1.54) is 71.2 Å². The second kappa shape index (κ2) is 8.79. The van der Waals surface area contributed by atoms with E-state index in [1.807, 2.05) is 0 Å². The number of hydrogen-bond acceptors (Lipinski definition) is 2. The molecule has 0 amide bonds. The summed E-state index contributed by atoms with van der Waals surface area (Å²) in [5.41, 5.74) is 7.84. The summed E-state index contributed by atoms with van der Waals surface area (Å²) in [7, 11) is 0. The molecule has 0 radical (unpaired) electrons. The van der Waals surface area contributed by atoms with Gasteiger partial charge in [-0.15, -0.1) is 0 Å². The van der Waals surface area contributed by atoms with Gasteiger partial charge in [-0.1, -0.05) is 92.2 Å². The molecule has 5 aromatic carbocycles. The second-order valence-electron chi connectivity index (χ2n) is 14.4. The molecule has 3 aliphatic carbocycles. The van der Waals surface area contributed by atoms with Gasteiger partial charge in [0.25, 0.3) is 0 Å². The van der Waals surface area contributed by atoms with Crippen molar-refractivity contribution in [3.63, 3.8) is 0 Å². The van der Waals surface area contributed by atoms with Gasteiger partial charge < -0.3 is 0 Å². The van der Waals surface area contributed by atoms with Gasteiger partial charge in [0.15, 0.2) is 0 Å². The smallest absolute Gasteiger partial charge is 0.235 e. The monoisotopic (exact) mass is 569 g/mol. The van der Waals surface area contributed by atoms with Gasteiger partial charge in [0.1, 0.15) is 0 Å². The van der Waals surface area contributed by atoms with Crippen molar-refractivity contribution >= 4 is 43.5 Å². The molecule has 3 aliphatic rings. The molecule has 10 rings (SSSR count). The van der Waals surface area contributed by atoms with Crippen LogP contribution in [0.3, 0.4) is 0 Å². The van der Waals surface area contributed by atoms with Crippen LogP contribution < -0.4 is 0 Å². The minimum atomic E-state index is 0.314. The summed E-state index contributed by atoms with van der Waals surface area (Å²) >= 11 is 0. The topological polar surface area (TPSA) is 30.7 Å². The van der Waals surface area contributed by atoms with Gasteiger partial charge >= 0.3 is 0 Å². The Hall–Kier alpha value is -4.50. The highest BCUT2D eigenvalue weighted by Crippen LogP contribution is 2.68. The molecule has 3 unspecified atom stereocenters. The first-order valence-electron chi connectivity index (χ1n) is 16.4. The van der Waals surface area contributed by atoms with Crippen LogP contribution >= 0.6 is 0 Å². The first-order chi connectivity index (χ1) is 21.6. The van der Waals surface area contributed by atoms with Gasteiger partial charge in [-0.2, -0.15) is 0 Å². The maximum atomic E-state index is 5.45. The number of rotatable bonds is 3. The summed E-state index contributed by atoms with van der Waals surface area (Å²) in [6.07, 6.45) is 8.34. The lowest BCUT2D eigenvalue weighted by Crippen LogP contribution is -2.37. The summed E-state index contributed by atoms with van der Waals surface area (Å²) in [4.78, 5) is 10.7. The van der Waals surface area contributed by atoms with Crippen LogP contribution in [0.2, 0.25) is 0 Å². The summed E-state index contributed by atoms with van der Waals surface area (Å²) in [5, 5.41) is 6.04. The number of hydrogen-bond donors (Lipinski definition) is 0.